The molecule has 1 aliphatic rings. The van der Waals surface area contributed by atoms with Gasteiger partial charge in [-0.05, 0) is 48.5 Å². The lowest BCUT2D eigenvalue weighted by atomic mass is 10.1. The molecular formula is C21H25N5O3S2. The molecule has 0 radical (unpaired) electrons. The van der Waals surface area contributed by atoms with Crippen molar-refractivity contribution in [2.75, 3.05) is 26.2 Å². The zero-order valence-corrected chi connectivity index (χ0v) is 19.0. The molecule has 31 heavy (non-hydrogen) atoms. The quantitative estimate of drug-likeness (QED) is 0.502. The number of rotatable bonds is 7. The molecule has 0 N–H and O–H groups in total. The Hall–Kier alpha value is -2.40. The maximum Gasteiger partial charge on any atom is 0.288 e. The van der Waals surface area contributed by atoms with Crippen LogP contribution < -0.4 is 0 Å². The molecule has 3 aromatic rings. The predicted octanol–water partition coefficient (Wildman–Crippen LogP) is 3.18. The summed E-state index contributed by atoms with van der Waals surface area (Å²) in [7, 11) is -3.49. The van der Waals surface area contributed by atoms with Gasteiger partial charge in [-0.15, -0.1) is 5.10 Å². The molecule has 2 aromatic heterocycles. The summed E-state index contributed by atoms with van der Waals surface area (Å²) in [5.41, 5.74) is 1.91. The van der Waals surface area contributed by atoms with Crippen LogP contribution in [0.25, 0.3) is 11.5 Å². The monoisotopic (exact) mass is 459 g/mol. The van der Waals surface area contributed by atoms with E-state index in [4.69, 9.17) is 16.6 Å². The predicted molar refractivity (Wildman–Crippen MR) is 119 cm³/mol. The Labute approximate surface area is 187 Å². The van der Waals surface area contributed by atoms with Gasteiger partial charge in [-0.25, -0.2) is 13.1 Å². The second-order valence-corrected chi connectivity index (χ2v) is 9.76. The first kappa shape index (κ1) is 21.8. The number of aromatic nitrogens is 3. The summed E-state index contributed by atoms with van der Waals surface area (Å²) >= 11 is 5.30. The highest BCUT2D eigenvalue weighted by Crippen LogP contribution is 2.20. The van der Waals surface area contributed by atoms with Crippen LogP contribution in [0.1, 0.15) is 18.9 Å². The lowest BCUT2D eigenvalue weighted by molar-refractivity contribution is 0.143. The van der Waals surface area contributed by atoms with Gasteiger partial charge in [0.25, 0.3) is 4.84 Å². The number of piperazine rings is 1. The van der Waals surface area contributed by atoms with Crippen molar-refractivity contribution in [3.63, 3.8) is 0 Å². The molecule has 0 amide bonds. The van der Waals surface area contributed by atoms with E-state index < -0.39 is 10.0 Å². The van der Waals surface area contributed by atoms with Crippen LogP contribution in [0.5, 0.6) is 0 Å². The Morgan fingerprint density at radius 2 is 1.84 bits per heavy atom. The molecule has 0 bridgehead atoms. The first-order valence-electron chi connectivity index (χ1n) is 10.3. The van der Waals surface area contributed by atoms with Gasteiger partial charge in [-0.1, -0.05) is 25.5 Å². The molecule has 0 atom stereocenters. The summed E-state index contributed by atoms with van der Waals surface area (Å²) in [6.45, 7) is 4.56. The fraction of sp³-hybridized carbons (Fsp3) is 0.381. The summed E-state index contributed by atoms with van der Waals surface area (Å²) < 4.78 is 34.7. The molecular weight excluding hydrogens is 434 g/mol. The average Bonchev–Trinajstić information content (AvgIpc) is 3.15. The lowest BCUT2D eigenvalue weighted by Gasteiger charge is -2.33. The molecule has 1 saturated heterocycles. The first-order chi connectivity index (χ1) is 15.0. The molecule has 0 aliphatic carbocycles. The van der Waals surface area contributed by atoms with Crippen molar-refractivity contribution in [1.29, 1.82) is 0 Å². The lowest BCUT2D eigenvalue weighted by Crippen LogP contribution is -2.48. The van der Waals surface area contributed by atoms with Crippen LogP contribution >= 0.6 is 12.2 Å². The fourth-order valence-corrected chi connectivity index (χ4v) is 5.17. The minimum absolute atomic E-state index is 0.279. The topological polar surface area (TPSA) is 84.5 Å². The van der Waals surface area contributed by atoms with E-state index in [1.54, 1.807) is 33.5 Å². The molecule has 0 saturated carbocycles. The zero-order valence-electron chi connectivity index (χ0n) is 17.3. The summed E-state index contributed by atoms with van der Waals surface area (Å²) in [6, 6.07) is 10.9. The van der Waals surface area contributed by atoms with Gasteiger partial charge in [0.2, 0.25) is 15.9 Å². The smallest absolute Gasteiger partial charge is 0.288 e. The molecule has 1 fully saturated rings. The molecule has 4 rings (SSSR count). The Morgan fingerprint density at radius 1 is 1.10 bits per heavy atom. The number of aryl methyl sites for hydroxylation is 1. The highest BCUT2D eigenvalue weighted by molar-refractivity contribution is 7.89. The van der Waals surface area contributed by atoms with Gasteiger partial charge >= 0.3 is 0 Å². The van der Waals surface area contributed by atoms with E-state index in [2.05, 4.69) is 21.9 Å². The number of pyridine rings is 1. The van der Waals surface area contributed by atoms with E-state index in [0.717, 1.165) is 24.0 Å². The van der Waals surface area contributed by atoms with Gasteiger partial charge in [-0.2, -0.15) is 4.31 Å². The summed E-state index contributed by atoms with van der Waals surface area (Å²) in [4.78, 5) is 6.81. The van der Waals surface area contributed by atoms with Crippen LogP contribution in [0.4, 0.5) is 0 Å². The Morgan fingerprint density at radius 3 is 2.48 bits per heavy atom. The Balaban J connectivity index is 1.39. The van der Waals surface area contributed by atoms with E-state index in [9.17, 15) is 8.42 Å². The van der Waals surface area contributed by atoms with E-state index in [0.29, 0.717) is 43.6 Å². The largest absolute Gasteiger partial charge is 0.409 e. The summed E-state index contributed by atoms with van der Waals surface area (Å²) in [5, 5.41) is 4.45. The van der Waals surface area contributed by atoms with Crippen molar-refractivity contribution in [2.45, 2.75) is 31.3 Å². The van der Waals surface area contributed by atoms with E-state index in [-0.39, 0.29) is 4.84 Å². The molecule has 3 heterocycles. The average molecular weight is 460 g/mol. The number of nitrogens with zero attached hydrogens (tertiary/aromatic N) is 5. The van der Waals surface area contributed by atoms with Crippen molar-refractivity contribution >= 4 is 22.2 Å². The highest BCUT2D eigenvalue weighted by atomic mass is 32.2. The minimum Gasteiger partial charge on any atom is -0.409 e. The molecule has 1 aromatic carbocycles. The highest BCUT2D eigenvalue weighted by Gasteiger charge is 2.28. The first-order valence-corrected chi connectivity index (χ1v) is 12.1. The van der Waals surface area contributed by atoms with Crippen LogP contribution in [-0.2, 0) is 23.1 Å². The second-order valence-electron chi connectivity index (χ2n) is 7.47. The number of hydrogen-bond acceptors (Lipinski definition) is 7. The van der Waals surface area contributed by atoms with Crippen molar-refractivity contribution < 1.29 is 12.8 Å². The van der Waals surface area contributed by atoms with Gasteiger partial charge in [0.1, 0.15) is 0 Å². The molecule has 8 nitrogen and oxygen atoms in total. The summed E-state index contributed by atoms with van der Waals surface area (Å²) in [6.07, 6.45) is 5.34. The molecule has 1 aliphatic heterocycles. The number of benzene rings is 1. The SMILES string of the molecule is CCCc1ccc(S(=O)(=O)N2CCN(Cn3nc(-c4cccnc4)oc3=S)CC2)cc1. The van der Waals surface area contributed by atoms with Crippen LogP contribution in [0.15, 0.2) is 58.1 Å². The van der Waals surface area contributed by atoms with Gasteiger partial charge in [0.15, 0.2) is 0 Å². The third-order valence-electron chi connectivity index (χ3n) is 5.28. The fourth-order valence-electron chi connectivity index (χ4n) is 3.57. The second kappa shape index (κ2) is 9.39. The number of sulfonamides is 1. The van der Waals surface area contributed by atoms with E-state index >= 15 is 0 Å². The van der Waals surface area contributed by atoms with Crippen LogP contribution in [-0.4, -0.2) is 58.6 Å². The number of hydrogen-bond donors (Lipinski definition) is 0. The van der Waals surface area contributed by atoms with Crippen LogP contribution in [0.3, 0.4) is 0 Å². The van der Waals surface area contributed by atoms with Crippen molar-refractivity contribution in [3.8, 4) is 11.5 Å². The van der Waals surface area contributed by atoms with Gasteiger partial charge in [0.05, 0.1) is 17.1 Å². The van der Waals surface area contributed by atoms with Crippen LogP contribution in [0.2, 0.25) is 0 Å². The van der Waals surface area contributed by atoms with E-state index in [1.807, 2.05) is 24.3 Å². The van der Waals surface area contributed by atoms with Gasteiger partial charge in [-0.3, -0.25) is 9.88 Å². The third-order valence-corrected chi connectivity index (χ3v) is 7.49. The summed E-state index contributed by atoms with van der Waals surface area (Å²) in [5.74, 6) is 0.422. The van der Waals surface area contributed by atoms with Crippen molar-refractivity contribution in [1.82, 2.24) is 24.0 Å². The van der Waals surface area contributed by atoms with Crippen molar-refractivity contribution in [3.05, 3.63) is 59.2 Å². The van der Waals surface area contributed by atoms with Gasteiger partial charge in [0, 0.05) is 38.6 Å². The van der Waals surface area contributed by atoms with Crippen LogP contribution in [0, 0.1) is 4.84 Å². The molecule has 0 unspecified atom stereocenters. The maximum absolute atomic E-state index is 13.0. The Kier molecular flexibility index (Phi) is 6.61. The minimum atomic E-state index is -3.49. The van der Waals surface area contributed by atoms with Crippen molar-refractivity contribution in [2.24, 2.45) is 0 Å². The zero-order chi connectivity index (χ0) is 21.8. The van der Waals surface area contributed by atoms with E-state index in [1.165, 1.54) is 0 Å². The van der Waals surface area contributed by atoms with Gasteiger partial charge < -0.3 is 4.42 Å². The standard InChI is InChI=1S/C21H25N5O3S2/c1-2-4-17-6-8-19(9-7-17)31(27,28)25-13-11-24(12-14-25)16-26-21(30)29-20(23-26)18-5-3-10-22-15-18/h3,5-10,15H,2,4,11-14,16H2,1H3. The normalized spacial score (nSPS) is 15.9. The molecule has 0 spiro atoms. The third kappa shape index (κ3) is 4.93. The maximum atomic E-state index is 13.0. The molecule has 164 valence electrons. The Bertz CT molecular complexity index is 1170. The molecule has 10 heteroatoms.